The molecule has 0 bridgehead atoms. The van der Waals surface area contributed by atoms with Gasteiger partial charge in [0.1, 0.15) is 0 Å². The molecule has 0 aliphatic rings. The van der Waals surface area contributed by atoms with Crippen LogP contribution in [0.4, 0.5) is 0 Å². The van der Waals surface area contributed by atoms with Gasteiger partial charge in [0.05, 0.1) is 5.92 Å². The first-order valence-electron chi connectivity index (χ1n) is 5.54. The van der Waals surface area contributed by atoms with Crippen LogP contribution in [0.1, 0.15) is 46.0 Å². The van der Waals surface area contributed by atoms with Crippen molar-refractivity contribution < 1.29 is 9.90 Å². The highest BCUT2D eigenvalue weighted by atomic mass is 35.5. The summed E-state index contributed by atoms with van der Waals surface area (Å²) in [6, 6.07) is 0. The van der Waals surface area contributed by atoms with Crippen molar-refractivity contribution in [2.45, 2.75) is 46.0 Å². The van der Waals surface area contributed by atoms with Crippen LogP contribution in [0.25, 0.3) is 0 Å². The highest BCUT2D eigenvalue weighted by Gasteiger charge is 2.16. The molecule has 0 rings (SSSR count). The molecule has 2 unspecified atom stereocenters. The number of nitrogens with two attached hydrogens (primary N) is 1. The normalized spacial score (nSPS) is 14.1. The molecule has 3 N–H and O–H groups in total. The number of hydrogen-bond donors (Lipinski definition) is 2. The minimum Gasteiger partial charge on any atom is -0.481 e. The van der Waals surface area contributed by atoms with Crippen molar-refractivity contribution in [3.8, 4) is 0 Å². The molecular formula is C11H24ClNO2. The van der Waals surface area contributed by atoms with Gasteiger partial charge in [-0.3, -0.25) is 4.79 Å². The van der Waals surface area contributed by atoms with E-state index >= 15 is 0 Å². The monoisotopic (exact) mass is 237 g/mol. The molecule has 4 heteroatoms. The third-order valence-electron chi connectivity index (χ3n) is 2.69. The lowest BCUT2D eigenvalue weighted by molar-refractivity contribution is -0.141. The lowest BCUT2D eigenvalue weighted by Crippen LogP contribution is -2.23. The van der Waals surface area contributed by atoms with Gasteiger partial charge in [0.2, 0.25) is 0 Å². The van der Waals surface area contributed by atoms with E-state index in [0.29, 0.717) is 5.92 Å². The van der Waals surface area contributed by atoms with E-state index in [-0.39, 0.29) is 24.9 Å². The molecule has 0 heterocycles. The summed E-state index contributed by atoms with van der Waals surface area (Å²) in [5.41, 5.74) is 5.38. The Hall–Kier alpha value is -0.280. The van der Waals surface area contributed by atoms with Gasteiger partial charge in [-0.25, -0.2) is 0 Å². The van der Waals surface area contributed by atoms with Crippen molar-refractivity contribution in [3.05, 3.63) is 0 Å². The molecule has 0 radical (unpaired) electrons. The Bertz CT molecular complexity index is 165. The average Bonchev–Trinajstić information content (AvgIpc) is 2.15. The fourth-order valence-electron chi connectivity index (χ4n) is 1.52. The summed E-state index contributed by atoms with van der Waals surface area (Å²) >= 11 is 0. The molecule has 0 spiro atoms. The van der Waals surface area contributed by atoms with E-state index in [0.717, 1.165) is 12.8 Å². The van der Waals surface area contributed by atoms with Gasteiger partial charge in [-0.15, -0.1) is 12.4 Å². The third kappa shape index (κ3) is 8.70. The van der Waals surface area contributed by atoms with Crippen LogP contribution < -0.4 is 5.73 Å². The van der Waals surface area contributed by atoms with E-state index in [1.54, 1.807) is 0 Å². The second-order valence-electron chi connectivity index (χ2n) is 4.10. The lowest BCUT2D eigenvalue weighted by Gasteiger charge is -2.13. The molecule has 0 amide bonds. The van der Waals surface area contributed by atoms with E-state index < -0.39 is 5.97 Å². The SMILES string of the molecule is CCCCC(C)CCC(CN)C(=O)O.Cl. The second-order valence-corrected chi connectivity index (χ2v) is 4.10. The summed E-state index contributed by atoms with van der Waals surface area (Å²) in [5, 5.41) is 8.78. The van der Waals surface area contributed by atoms with Crippen molar-refractivity contribution >= 4 is 18.4 Å². The molecule has 0 saturated carbocycles. The number of aliphatic carboxylic acids is 1. The Morgan fingerprint density at radius 3 is 2.33 bits per heavy atom. The number of carbonyl (C=O) groups is 1. The highest BCUT2D eigenvalue weighted by molar-refractivity contribution is 5.85. The number of rotatable bonds is 8. The summed E-state index contributed by atoms with van der Waals surface area (Å²) in [7, 11) is 0. The fourth-order valence-corrected chi connectivity index (χ4v) is 1.52. The molecule has 2 atom stereocenters. The van der Waals surface area contributed by atoms with Crippen LogP contribution in [0.2, 0.25) is 0 Å². The molecule has 0 aromatic carbocycles. The maximum atomic E-state index is 10.7. The fraction of sp³-hybridized carbons (Fsp3) is 0.909. The largest absolute Gasteiger partial charge is 0.481 e. The van der Waals surface area contributed by atoms with Crippen LogP contribution in [0.3, 0.4) is 0 Å². The highest BCUT2D eigenvalue weighted by Crippen LogP contribution is 2.17. The number of hydrogen-bond acceptors (Lipinski definition) is 2. The second kappa shape index (κ2) is 10.2. The van der Waals surface area contributed by atoms with Crippen LogP contribution in [0, 0.1) is 11.8 Å². The first kappa shape index (κ1) is 17.1. The molecule has 0 fully saturated rings. The van der Waals surface area contributed by atoms with Crippen molar-refractivity contribution in [1.29, 1.82) is 0 Å². The van der Waals surface area contributed by atoms with E-state index in [1.165, 1.54) is 19.3 Å². The molecule has 0 saturated heterocycles. The topological polar surface area (TPSA) is 63.3 Å². The molecule has 0 aliphatic heterocycles. The number of halogens is 1. The average molecular weight is 238 g/mol. The van der Waals surface area contributed by atoms with E-state index in [2.05, 4.69) is 13.8 Å². The maximum Gasteiger partial charge on any atom is 0.307 e. The molecular weight excluding hydrogens is 214 g/mol. The first-order chi connectivity index (χ1) is 6.61. The summed E-state index contributed by atoms with van der Waals surface area (Å²) in [6.45, 7) is 4.62. The molecule has 3 nitrogen and oxygen atoms in total. The number of carboxylic acids is 1. The number of unbranched alkanes of at least 4 members (excludes halogenated alkanes) is 1. The minimum absolute atomic E-state index is 0. The summed E-state index contributed by atoms with van der Waals surface area (Å²) in [4.78, 5) is 10.7. The molecule has 15 heavy (non-hydrogen) atoms. The minimum atomic E-state index is -0.754. The Labute approximate surface area is 98.8 Å². The van der Waals surface area contributed by atoms with Crippen LogP contribution in [-0.4, -0.2) is 17.6 Å². The Morgan fingerprint density at radius 1 is 1.33 bits per heavy atom. The Balaban J connectivity index is 0. The van der Waals surface area contributed by atoms with Crippen molar-refractivity contribution in [2.75, 3.05) is 6.54 Å². The Kier molecular flexibility index (Phi) is 11.7. The van der Waals surface area contributed by atoms with Crippen LogP contribution in [-0.2, 0) is 4.79 Å². The van der Waals surface area contributed by atoms with Gasteiger partial charge in [-0.1, -0.05) is 33.1 Å². The van der Waals surface area contributed by atoms with Crippen molar-refractivity contribution in [1.82, 2.24) is 0 Å². The predicted molar refractivity (Wildman–Crippen MR) is 65.4 cm³/mol. The molecule has 0 aromatic rings. The van der Waals surface area contributed by atoms with Gasteiger partial charge in [0.15, 0.2) is 0 Å². The van der Waals surface area contributed by atoms with Crippen molar-refractivity contribution in [2.24, 2.45) is 17.6 Å². The van der Waals surface area contributed by atoms with Gasteiger partial charge in [-0.2, -0.15) is 0 Å². The lowest BCUT2D eigenvalue weighted by atomic mass is 9.93. The van der Waals surface area contributed by atoms with Gasteiger partial charge in [0, 0.05) is 6.54 Å². The first-order valence-corrected chi connectivity index (χ1v) is 5.54. The molecule has 0 aliphatic carbocycles. The smallest absolute Gasteiger partial charge is 0.307 e. The van der Waals surface area contributed by atoms with Gasteiger partial charge >= 0.3 is 5.97 Å². The standard InChI is InChI=1S/C11H23NO2.ClH/c1-3-4-5-9(2)6-7-10(8-12)11(13)14;/h9-10H,3-8,12H2,1-2H3,(H,13,14);1H. The quantitative estimate of drug-likeness (QED) is 0.682. The van der Waals surface area contributed by atoms with Crippen molar-refractivity contribution in [3.63, 3.8) is 0 Å². The number of carboxylic acid groups (broad SMARTS) is 1. The zero-order valence-electron chi connectivity index (χ0n) is 9.74. The van der Waals surface area contributed by atoms with E-state index in [4.69, 9.17) is 10.8 Å². The van der Waals surface area contributed by atoms with Crippen LogP contribution >= 0.6 is 12.4 Å². The summed E-state index contributed by atoms with van der Waals surface area (Å²) in [6.07, 6.45) is 5.35. The predicted octanol–water partition coefficient (Wildman–Crippen LogP) is 2.67. The van der Waals surface area contributed by atoms with E-state index in [1.807, 2.05) is 0 Å². The van der Waals surface area contributed by atoms with E-state index in [9.17, 15) is 4.79 Å². The summed E-state index contributed by atoms with van der Waals surface area (Å²) < 4.78 is 0. The van der Waals surface area contributed by atoms with Crippen LogP contribution in [0.5, 0.6) is 0 Å². The third-order valence-corrected chi connectivity index (χ3v) is 2.69. The zero-order valence-corrected chi connectivity index (χ0v) is 10.6. The van der Waals surface area contributed by atoms with Crippen LogP contribution in [0.15, 0.2) is 0 Å². The van der Waals surface area contributed by atoms with Gasteiger partial charge in [-0.05, 0) is 18.8 Å². The van der Waals surface area contributed by atoms with Gasteiger partial charge < -0.3 is 10.8 Å². The molecule has 0 aromatic heterocycles. The zero-order chi connectivity index (χ0) is 11.0. The summed E-state index contributed by atoms with van der Waals surface area (Å²) in [5.74, 6) is -0.474. The maximum absolute atomic E-state index is 10.7. The Morgan fingerprint density at radius 2 is 1.93 bits per heavy atom. The molecule has 92 valence electrons. The van der Waals surface area contributed by atoms with Gasteiger partial charge in [0.25, 0.3) is 0 Å².